The van der Waals surface area contributed by atoms with Crippen molar-refractivity contribution in [3.8, 4) is 5.69 Å². The maximum absolute atomic E-state index is 13.1. The van der Waals surface area contributed by atoms with Crippen LogP contribution in [-0.4, -0.2) is 22.4 Å². The van der Waals surface area contributed by atoms with Crippen LogP contribution in [0.4, 0.5) is 10.5 Å². The van der Waals surface area contributed by atoms with E-state index < -0.39 is 17.8 Å². The second kappa shape index (κ2) is 7.76. The van der Waals surface area contributed by atoms with Crippen LogP contribution in [0.1, 0.15) is 16.8 Å². The maximum atomic E-state index is 13.1. The van der Waals surface area contributed by atoms with Crippen molar-refractivity contribution in [2.75, 3.05) is 4.90 Å². The fourth-order valence-electron chi connectivity index (χ4n) is 3.25. The molecule has 4 amide bonds. The van der Waals surface area contributed by atoms with E-state index in [9.17, 15) is 14.4 Å². The molecule has 0 spiro atoms. The van der Waals surface area contributed by atoms with E-state index >= 15 is 0 Å². The number of barbiturate groups is 1. The molecule has 30 heavy (non-hydrogen) atoms. The summed E-state index contributed by atoms with van der Waals surface area (Å²) >= 11 is 3.33. The lowest BCUT2D eigenvalue weighted by Crippen LogP contribution is -2.54. The monoisotopic (exact) mass is 463 g/mol. The fraction of sp³-hybridized carbons (Fsp3) is 0.0870. The highest BCUT2D eigenvalue weighted by Crippen LogP contribution is 2.25. The number of benzene rings is 2. The van der Waals surface area contributed by atoms with Gasteiger partial charge in [0.15, 0.2) is 0 Å². The smallest absolute Gasteiger partial charge is 0.317 e. The average Bonchev–Trinajstić information content (AvgIpc) is 3.17. The minimum atomic E-state index is -0.769. The Bertz CT molecular complexity index is 1210. The minimum Gasteiger partial charge on any atom is -0.317 e. The molecular weight excluding hydrogens is 446 g/mol. The Hall–Kier alpha value is -3.45. The molecule has 0 radical (unpaired) electrons. The molecule has 6 nitrogen and oxygen atoms in total. The van der Waals surface area contributed by atoms with Crippen LogP contribution in [-0.2, 0) is 9.59 Å². The molecule has 1 saturated heterocycles. The van der Waals surface area contributed by atoms with Crippen LogP contribution < -0.4 is 10.2 Å². The second-order valence-electron chi connectivity index (χ2n) is 7.01. The van der Waals surface area contributed by atoms with Crippen LogP contribution in [0.5, 0.6) is 0 Å². The quantitative estimate of drug-likeness (QED) is 0.458. The van der Waals surface area contributed by atoms with E-state index in [0.29, 0.717) is 11.4 Å². The molecule has 0 aliphatic carbocycles. The number of anilines is 1. The van der Waals surface area contributed by atoms with Gasteiger partial charge < -0.3 is 4.57 Å². The van der Waals surface area contributed by atoms with Crippen molar-refractivity contribution in [1.82, 2.24) is 9.88 Å². The van der Waals surface area contributed by atoms with Gasteiger partial charge in [0.1, 0.15) is 5.57 Å². The highest BCUT2D eigenvalue weighted by molar-refractivity contribution is 9.10. The molecule has 2 heterocycles. The van der Waals surface area contributed by atoms with Crippen molar-refractivity contribution in [2.24, 2.45) is 0 Å². The summed E-state index contributed by atoms with van der Waals surface area (Å²) in [6.45, 7) is 4.07. The zero-order valence-corrected chi connectivity index (χ0v) is 17.9. The van der Waals surface area contributed by atoms with Gasteiger partial charge in [0, 0.05) is 22.1 Å². The first-order valence-electron chi connectivity index (χ1n) is 9.27. The van der Waals surface area contributed by atoms with Crippen LogP contribution in [0.3, 0.4) is 0 Å². The van der Waals surface area contributed by atoms with Crippen LogP contribution in [0, 0.1) is 13.8 Å². The molecule has 1 aromatic heterocycles. The molecular formula is C23H18BrN3O3. The second-order valence-corrected chi connectivity index (χ2v) is 7.92. The normalized spacial score (nSPS) is 15.6. The zero-order valence-electron chi connectivity index (χ0n) is 16.3. The third-order valence-corrected chi connectivity index (χ3v) is 5.56. The van der Waals surface area contributed by atoms with Crippen molar-refractivity contribution in [3.05, 3.63) is 87.7 Å². The van der Waals surface area contributed by atoms with E-state index in [1.54, 1.807) is 24.3 Å². The number of carbonyl (C=O) groups excluding carboxylic acids is 3. The fourth-order valence-corrected chi connectivity index (χ4v) is 3.52. The Morgan fingerprint density at radius 2 is 1.60 bits per heavy atom. The molecule has 3 aromatic rings. The lowest BCUT2D eigenvalue weighted by atomic mass is 10.1. The number of aromatic nitrogens is 1. The van der Waals surface area contributed by atoms with Gasteiger partial charge in [-0.15, -0.1) is 0 Å². The highest BCUT2D eigenvalue weighted by atomic mass is 79.9. The summed E-state index contributed by atoms with van der Waals surface area (Å²) in [4.78, 5) is 38.8. The Morgan fingerprint density at radius 3 is 2.30 bits per heavy atom. The number of aryl methyl sites for hydroxylation is 2. The van der Waals surface area contributed by atoms with Gasteiger partial charge in [-0.2, -0.15) is 0 Å². The Balaban J connectivity index is 1.74. The number of amides is 4. The van der Waals surface area contributed by atoms with E-state index in [0.717, 1.165) is 20.6 Å². The minimum absolute atomic E-state index is 0.110. The van der Waals surface area contributed by atoms with Gasteiger partial charge in [0.2, 0.25) is 0 Å². The molecule has 4 rings (SSSR count). The summed E-state index contributed by atoms with van der Waals surface area (Å²) in [6.07, 6.45) is 3.37. The Morgan fingerprint density at radius 1 is 0.900 bits per heavy atom. The molecule has 0 atom stereocenters. The summed E-state index contributed by atoms with van der Waals surface area (Å²) in [6, 6.07) is 15.6. The number of nitrogens with one attached hydrogen (secondary N) is 1. The molecule has 1 fully saturated rings. The SMILES string of the molecule is Cc1ccc(-n2cccc2/C=C2\C(=O)NC(=O)N(c3ccc(Br)cc3)C2=O)cc1C. The topological polar surface area (TPSA) is 71.4 Å². The third kappa shape index (κ3) is 3.59. The van der Waals surface area contributed by atoms with Gasteiger partial charge >= 0.3 is 6.03 Å². The molecule has 7 heteroatoms. The molecule has 1 N–H and O–H groups in total. The highest BCUT2D eigenvalue weighted by Gasteiger charge is 2.37. The lowest BCUT2D eigenvalue weighted by Gasteiger charge is -2.26. The van der Waals surface area contributed by atoms with E-state index in [-0.39, 0.29) is 5.57 Å². The molecule has 150 valence electrons. The number of halogens is 1. The summed E-state index contributed by atoms with van der Waals surface area (Å²) in [5.74, 6) is -1.38. The number of carbonyl (C=O) groups is 3. The number of hydrogen-bond acceptors (Lipinski definition) is 3. The zero-order chi connectivity index (χ0) is 21.4. The molecule has 1 aliphatic heterocycles. The Kier molecular flexibility index (Phi) is 5.13. The summed E-state index contributed by atoms with van der Waals surface area (Å²) in [7, 11) is 0. The van der Waals surface area contributed by atoms with Gasteiger partial charge in [0.05, 0.1) is 5.69 Å². The van der Waals surface area contributed by atoms with E-state index in [4.69, 9.17) is 0 Å². The summed E-state index contributed by atoms with van der Waals surface area (Å²) in [5.41, 5.74) is 4.15. The van der Waals surface area contributed by atoms with Gasteiger partial charge in [-0.05, 0) is 79.6 Å². The standard InChI is InChI=1S/C23H18BrN3O3/c1-14-5-8-19(12-15(14)2)26-11-3-4-18(26)13-20-21(28)25-23(30)27(22(20)29)17-9-6-16(24)7-10-17/h3-13H,1-2H3,(H,25,28,30)/b20-13+. The Labute approximate surface area is 181 Å². The van der Waals surface area contributed by atoms with Gasteiger partial charge in [0.25, 0.3) is 11.8 Å². The first-order chi connectivity index (χ1) is 14.3. The van der Waals surface area contributed by atoms with E-state index in [2.05, 4.69) is 21.2 Å². The van der Waals surface area contributed by atoms with Gasteiger partial charge in [-0.1, -0.05) is 22.0 Å². The molecule has 2 aromatic carbocycles. The lowest BCUT2D eigenvalue weighted by molar-refractivity contribution is -0.122. The molecule has 0 unspecified atom stereocenters. The molecule has 1 aliphatic rings. The number of rotatable bonds is 3. The predicted molar refractivity (Wildman–Crippen MR) is 118 cm³/mol. The van der Waals surface area contributed by atoms with Crippen LogP contribution in [0.15, 0.2) is 70.8 Å². The van der Waals surface area contributed by atoms with Crippen molar-refractivity contribution in [3.63, 3.8) is 0 Å². The summed E-state index contributed by atoms with van der Waals surface area (Å²) in [5, 5.41) is 2.25. The largest absolute Gasteiger partial charge is 0.335 e. The summed E-state index contributed by atoms with van der Waals surface area (Å²) < 4.78 is 2.70. The van der Waals surface area contributed by atoms with Gasteiger partial charge in [-0.25, -0.2) is 9.69 Å². The van der Waals surface area contributed by atoms with Crippen LogP contribution in [0.2, 0.25) is 0 Å². The number of imide groups is 2. The van der Waals surface area contributed by atoms with Crippen molar-refractivity contribution in [2.45, 2.75) is 13.8 Å². The van der Waals surface area contributed by atoms with Crippen LogP contribution >= 0.6 is 15.9 Å². The van der Waals surface area contributed by atoms with E-state index in [1.807, 2.05) is 54.9 Å². The first kappa shape index (κ1) is 19.8. The van der Waals surface area contributed by atoms with Crippen molar-refractivity contribution < 1.29 is 14.4 Å². The molecule has 0 bridgehead atoms. The van der Waals surface area contributed by atoms with Crippen LogP contribution in [0.25, 0.3) is 11.8 Å². The number of hydrogen-bond donors (Lipinski definition) is 1. The molecule has 0 saturated carbocycles. The van der Waals surface area contributed by atoms with E-state index in [1.165, 1.54) is 11.6 Å². The predicted octanol–water partition coefficient (Wildman–Crippen LogP) is 4.52. The first-order valence-corrected chi connectivity index (χ1v) is 10.1. The van der Waals surface area contributed by atoms with Crippen molar-refractivity contribution >= 4 is 45.5 Å². The number of nitrogens with zero attached hydrogens (tertiary/aromatic N) is 2. The van der Waals surface area contributed by atoms with Gasteiger partial charge in [-0.3, -0.25) is 14.9 Å². The average molecular weight is 464 g/mol. The van der Waals surface area contributed by atoms with Crippen molar-refractivity contribution in [1.29, 1.82) is 0 Å². The third-order valence-electron chi connectivity index (χ3n) is 5.03. The number of urea groups is 1. The maximum Gasteiger partial charge on any atom is 0.335 e.